The van der Waals surface area contributed by atoms with Crippen molar-refractivity contribution in [2.75, 3.05) is 18.5 Å². The molecule has 7 nitrogen and oxygen atoms in total. The second-order valence-corrected chi connectivity index (χ2v) is 11.4. The van der Waals surface area contributed by atoms with Crippen LogP contribution in [0, 0.1) is 11.8 Å². The fraction of sp³-hybridized carbons (Fsp3) is 0.333. The van der Waals surface area contributed by atoms with E-state index in [2.05, 4.69) is 29.7 Å². The molecule has 1 aromatic heterocycles. The van der Waals surface area contributed by atoms with Crippen LogP contribution in [0.3, 0.4) is 0 Å². The molecule has 4 rings (SSSR count). The Balaban J connectivity index is 1.42. The molecule has 0 radical (unpaired) electrons. The minimum Gasteiger partial charge on any atom is -0.273 e. The van der Waals surface area contributed by atoms with Gasteiger partial charge in [0.05, 0.1) is 15.1 Å². The number of amides is 1. The molecule has 0 bridgehead atoms. The van der Waals surface area contributed by atoms with Gasteiger partial charge in [-0.3, -0.25) is 15.6 Å². The van der Waals surface area contributed by atoms with Crippen molar-refractivity contribution in [2.24, 2.45) is 11.8 Å². The molecule has 1 fully saturated rings. The van der Waals surface area contributed by atoms with Crippen LogP contribution in [0.15, 0.2) is 47.4 Å². The first-order valence-electron chi connectivity index (χ1n) is 9.95. The molecule has 1 aliphatic rings. The molecule has 0 unspecified atom stereocenters. The van der Waals surface area contributed by atoms with Crippen LogP contribution in [-0.2, 0) is 10.0 Å². The molecule has 1 amide bonds. The van der Waals surface area contributed by atoms with Crippen LogP contribution in [0.4, 0.5) is 5.13 Å². The number of hydrogen-bond acceptors (Lipinski definition) is 6. The lowest BCUT2D eigenvalue weighted by Gasteiger charge is -2.34. The average molecular weight is 479 g/mol. The minimum absolute atomic E-state index is 0.196. The van der Waals surface area contributed by atoms with Crippen LogP contribution in [0.2, 0.25) is 5.02 Å². The Bertz CT molecular complexity index is 1200. The van der Waals surface area contributed by atoms with Gasteiger partial charge >= 0.3 is 0 Å². The van der Waals surface area contributed by atoms with Crippen molar-refractivity contribution < 1.29 is 13.2 Å². The Morgan fingerprint density at radius 3 is 2.48 bits per heavy atom. The number of carbonyl (C=O) groups is 1. The molecular weight excluding hydrogens is 456 g/mol. The molecule has 2 aromatic carbocycles. The second kappa shape index (κ2) is 8.74. The van der Waals surface area contributed by atoms with Crippen molar-refractivity contribution in [3.63, 3.8) is 0 Å². The summed E-state index contributed by atoms with van der Waals surface area (Å²) in [6.07, 6.45) is 1.03. The highest BCUT2D eigenvalue weighted by Crippen LogP contribution is 2.28. The zero-order valence-corrected chi connectivity index (χ0v) is 19.5. The molecule has 0 spiro atoms. The van der Waals surface area contributed by atoms with E-state index in [0.29, 0.717) is 40.6 Å². The predicted octanol–water partition coefficient (Wildman–Crippen LogP) is 4.37. The lowest BCUT2D eigenvalue weighted by Crippen LogP contribution is -2.42. The van der Waals surface area contributed by atoms with E-state index < -0.39 is 10.0 Å². The molecule has 3 aromatic rings. The number of thiazole rings is 1. The molecule has 1 saturated heterocycles. The van der Waals surface area contributed by atoms with Crippen molar-refractivity contribution in [2.45, 2.75) is 25.2 Å². The number of nitrogens with zero attached hydrogens (tertiary/aromatic N) is 2. The van der Waals surface area contributed by atoms with Gasteiger partial charge in [0, 0.05) is 23.7 Å². The minimum atomic E-state index is -3.58. The van der Waals surface area contributed by atoms with Gasteiger partial charge in [0.1, 0.15) is 0 Å². The van der Waals surface area contributed by atoms with E-state index in [4.69, 9.17) is 11.6 Å². The number of hydrazine groups is 1. The molecular formula is C21H23ClN4O3S2. The van der Waals surface area contributed by atoms with Crippen molar-refractivity contribution in [3.8, 4) is 0 Å². The maximum atomic E-state index is 13.0. The van der Waals surface area contributed by atoms with Gasteiger partial charge in [0.2, 0.25) is 15.2 Å². The molecule has 2 heterocycles. The summed E-state index contributed by atoms with van der Waals surface area (Å²) < 4.78 is 28.4. The number of anilines is 1. The smallest absolute Gasteiger partial charge is 0.269 e. The third-order valence-electron chi connectivity index (χ3n) is 5.22. The Morgan fingerprint density at radius 1 is 1.13 bits per heavy atom. The maximum absolute atomic E-state index is 13.0. The number of rotatable bonds is 5. The molecule has 10 heteroatoms. The van der Waals surface area contributed by atoms with E-state index in [1.807, 2.05) is 12.1 Å². The average Bonchev–Trinajstić information content (AvgIpc) is 3.13. The lowest BCUT2D eigenvalue weighted by atomic mass is 9.94. The van der Waals surface area contributed by atoms with Crippen molar-refractivity contribution >= 4 is 54.2 Å². The number of sulfonamides is 1. The Morgan fingerprint density at radius 2 is 1.81 bits per heavy atom. The predicted molar refractivity (Wildman–Crippen MR) is 124 cm³/mol. The Hall–Kier alpha value is -2.20. The largest absolute Gasteiger partial charge is 0.273 e. The van der Waals surface area contributed by atoms with Crippen molar-refractivity contribution in [1.29, 1.82) is 0 Å². The highest BCUT2D eigenvalue weighted by molar-refractivity contribution is 7.89. The molecule has 1 aliphatic heterocycles. The topological polar surface area (TPSA) is 91.4 Å². The van der Waals surface area contributed by atoms with Crippen molar-refractivity contribution in [3.05, 3.63) is 53.1 Å². The molecule has 0 aliphatic carbocycles. The highest BCUT2D eigenvalue weighted by atomic mass is 35.5. The standard InChI is InChI=1S/C21H23ClN4O3S2/c1-13-9-14(2)12-26(11-13)31(28,29)17-6-3-15(4-7-17)20(27)24-25-21-23-18-8-5-16(22)10-19(18)30-21/h3-8,10,13-14H,9,11-12H2,1-2H3,(H,23,25)(H,24,27)/t13-,14-/m1/s1. The summed E-state index contributed by atoms with van der Waals surface area (Å²) in [5.74, 6) is 0.267. The van der Waals surface area contributed by atoms with Gasteiger partial charge in [-0.1, -0.05) is 36.8 Å². The number of nitrogens with one attached hydrogen (secondary N) is 2. The summed E-state index contributed by atoms with van der Waals surface area (Å²) in [4.78, 5) is 17.0. The Labute approximate surface area is 190 Å². The molecule has 31 heavy (non-hydrogen) atoms. The first-order valence-corrected chi connectivity index (χ1v) is 12.6. The van der Waals surface area contributed by atoms with Crippen LogP contribution < -0.4 is 10.9 Å². The van der Waals surface area contributed by atoms with Crippen LogP contribution in [-0.4, -0.2) is 36.7 Å². The zero-order valence-electron chi connectivity index (χ0n) is 17.1. The van der Waals surface area contributed by atoms with Gasteiger partial charge in [-0.25, -0.2) is 13.4 Å². The van der Waals surface area contributed by atoms with E-state index in [-0.39, 0.29) is 10.8 Å². The van der Waals surface area contributed by atoms with E-state index >= 15 is 0 Å². The number of carbonyl (C=O) groups excluding carboxylic acids is 1. The third kappa shape index (κ3) is 4.85. The van der Waals surface area contributed by atoms with Gasteiger partial charge < -0.3 is 0 Å². The number of fused-ring (bicyclic) bond motifs is 1. The van der Waals surface area contributed by atoms with Gasteiger partial charge in [0.15, 0.2) is 0 Å². The first-order chi connectivity index (χ1) is 14.7. The van der Waals surface area contributed by atoms with Crippen molar-refractivity contribution in [1.82, 2.24) is 14.7 Å². The number of hydrogen-bond donors (Lipinski definition) is 2. The lowest BCUT2D eigenvalue weighted by molar-refractivity contribution is 0.0962. The summed E-state index contributed by atoms with van der Waals surface area (Å²) >= 11 is 7.35. The number of halogens is 1. The summed E-state index contributed by atoms with van der Waals surface area (Å²) in [6, 6.07) is 11.4. The van der Waals surface area contributed by atoms with Crippen LogP contribution >= 0.6 is 22.9 Å². The van der Waals surface area contributed by atoms with E-state index in [0.717, 1.165) is 16.6 Å². The summed E-state index contributed by atoms with van der Waals surface area (Å²) in [6.45, 7) is 5.18. The van der Waals surface area contributed by atoms with Gasteiger partial charge in [0.25, 0.3) is 5.91 Å². The highest BCUT2D eigenvalue weighted by Gasteiger charge is 2.31. The van der Waals surface area contributed by atoms with Gasteiger partial charge in [-0.05, 0) is 60.7 Å². The maximum Gasteiger partial charge on any atom is 0.269 e. The monoisotopic (exact) mass is 478 g/mol. The van der Waals surface area contributed by atoms with Gasteiger partial charge in [-0.2, -0.15) is 4.31 Å². The van der Waals surface area contributed by atoms with E-state index in [9.17, 15) is 13.2 Å². The third-order valence-corrected chi connectivity index (χ3v) is 8.24. The zero-order chi connectivity index (χ0) is 22.2. The summed E-state index contributed by atoms with van der Waals surface area (Å²) in [5, 5.41) is 1.15. The molecule has 2 N–H and O–H groups in total. The van der Waals surface area contributed by atoms with Crippen LogP contribution in [0.5, 0.6) is 0 Å². The Kier molecular flexibility index (Phi) is 6.20. The quantitative estimate of drug-likeness (QED) is 0.531. The van der Waals surface area contributed by atoms with E-state index in [1.165, 1.54) is 35.6 Å². The van der Waals surface area contributed by atoms with Crippen LogP contribution in [0.1, 0.15) is 30.6 Å². The molecule has 164 valence electrons. The fourth-order valence-corrected chi connectivity index (χ4v) is 6.64. The number of piperidine rings is 1. The van der Waals surface area contributed by atoms with E-state index in [1.54, 1.807) is 10.4 Å². The summed E-state index contributed by atoms with van der Waals surface area (Å²) in [5.41, 5.74) is 6.51. The summed E-state index contributed by atoms with van der Waals surface area (Å²) in [7, 11) is -3.58. The SMILES string of the molecule is C[C@@H]1C[C@@H](C)CN(S(=O)(=O)c2ccc(C(=O)NNc3nc4ccc(Cl)cc4s3)cc2)C1. The fourth-order valence-electron chi connectivity index (χ4n) is 3.86. The molecule has 0 saturated carbocycles. The first kappa shape index (κ1) is 22.0. The second-order valence-electron chi connectivity index (χ2n) is 8.00. The normalized spacial score (nSPS) is 20.0. The van der Waals surface area contributed by atoms with Crippen LogP contribution in [0.25, 0.3) is 10.2 Å². The van der Waals surface area contributed by atoms with Gasteiger partial charge in [-0.15, -0.1) is 0 Å². The molecule has 2 atom stereocenters. The number of aromatic nitrogens is 1. The number of benzene rings is 2.